The van der Waals surface area contributed by atoms with Crippen LogP contribution < -0.4 is 0 Å². The minimum absolute atomic E-state index is 0.336. The first-order chi connectivity index (χ1) is 7.30. The van der Waals surface area contributed by atoms with Crippen LogP contribution in [-0.4, -0.2) is 49.4 Å². The van der Waals surface area contributed by atoms with Crippen molar-refractivity contribution >= 4 is 5.91 Å². The van der Waals surface area contributed by atoms with E-state index in [0.29, 0.717) is 23.7 Å². The number of carbonyl (C=O) groups is 1. The smallest absolute Gasteiger partial charge is 0.222 e. The minimum atomic E-state index is 0.336. The summed E-state index contributed by atoms with van der Waals surface area (Å²) < 4.78 is 0. The monoisotopic (exact) mass is 226 g/mol. The van der Waals surface area contributed by atoms with Crippen LogP contribution in [0.1, 0.15) is 33.6 Å². The Morgan fingerprint density at radius 3 is 2.31 bits per heavy atom. The van der Waals surface area contributed by atoms with E-state index >= 15 is 0 Å². The highest BCUT2D eigenvalue weighted by Crippen LogP contribution is 2.33. The summed E-state index contributed by atoms with van der Waals surface area (Å²) in [5, 5.41) is 0. The molecule has 0 atom stereocenters. The number of likely N-dealkylation sites (tertiary alicyclic amines) is 1. The van der Waals surface area contributed by atoms with Crippen molar-refractivity contribution in [2.75, 3.05) is 33.7 Å². The van der Waals surface area contributed by atoms with Crippen LogP contribution in [0, 0.1) is 11.3 Å². The van der Waals surface area contributed by atoms with Gasteiger partial charge in [0.05, 0.1) is 0 Å². The van der Waals surface area contributed by atoms with E-state index in [9.17, 15) is 4.79 Å². The lowest BCUT2D eigenvalue weighted by atomic mass is 9.76. The summed E-state index contributed by atoms with van der Waals surface area (Å²) in [5.74, 6) is 1.02. The molecule has 94 valence electrons. The van der Waals surface area contributed by atoms with Gasteiger partial charge in [0.15, 0.2) is 0 Å². The van der Waals surface area contributed by atoms with Crippen LogP contribution in [0.2, 0.25) is 0 Å². The maximum Gasteiger partial charge on any atom is 0.222 e. The minimum Gasteiger partial charge on any atom is -0.342 e. The Morgan fingerprint density at radius 2 is 1.88 bits per heavy atom. The van der Waals surface area contributed by atoms with Crippen LogP contribution in [0.4, 0.5) is 0 Å². The van der Waals surface area contributed by atoms with Gasteiger partial charge >= 0.3 is 0 Å². The van der Waals surface area contributed by atoms with Gasteiger partial charge in [0.25, 0.3) is 0 Å². The quantitative estimate of drug-likeness (QED) is 0.730. The van der Waals surface area contributed by atoms with Crippen LogP contribution in [-0.2, 0) is 4.79 Å². The number of carbonyl (C=O) groups excluding carboxylic acids is 1. The van der Waals surface area contributed by atoms with Crippen molar-refractivity contribution in [3.63, 3.8) is 0 Å². The lowest BCUT2D eigenvalue weighted by Crippen LogP contribution is -2.54. The molecule has 0 unspecified atom stereocenters. The lowest BCUT2D eigenvalue weighted by molar-refractivity contribution is -0.140. The summed E-state index contributed by atoms with van der Waals surface area (Å²) in [6.07, 6.45) is 1.68. The van der Waals surface area contributed by atoms with Gasteiger partial charge in [0.2, 0.25) is 5.91 Å². The van der Waals surface area contributed by atoms with Crippen molar-refractivity contribution in [1.82, 2.24) is 9.80 Å². The largest absolute Gasteiger partial charge is 0.342 e. The fourth-order valence-electron chi connectivity index (χ4n) is 1.93. The summed E-state index contributed by atoms with van der Waals surface area (Å²) in [7, 11) is 4.09. The molecule has 0 bridgehead atoms. The Balaban J connectivity index is 2.17. The highest BCUT2D eigenvalue weighted by Gasteiger charge is 2.37. The maximum absolute atomic E-state index is 11.8. The topological polar surface area (TPSA) is 23.6 Å². The summed E-state index contributed by atoms with van der Waals surface area (Å²) in [6.45, 7) is 9.69. The number of hydrogen-bond acceptors (Lipinski definition) is 2. The zero-order valence-corrected chi connectivity index (χ0v) is 11.4. The van der Waals surface area contributed by atoms with E-state index < -0.39 is 0 Å². The number of rotatable bonds is 4. The van der Waals surface area contributed by atoms with Crippen molar-refractivity contribution in [3.05, 3.63) is 0 Å². The SMILES string of the molecule is CN(C)CCCC(=O)N1CC(C(C)(C)C)C1. The zero-order valence-electron chi connectivity index (χ0n) is 11.4. The third-order valence-corrected chi connectivity index (χ3v) is 3.45. The first kappa shape index (κ1) is 13.5. The molecule has 0 radical (unpaired) electrons. The Hall–Kier alpha value is -0.570. The number of hydrogen-bond donors (Lipinski definition) is 0. The molecule has 1 fully saturated rings. The fraction of sp³-hybridized carbons (Fsp3) is 0.923. The van der Waals surface area contributed by atoms with Crippen molar-refractivity contribution in [3.8, 4) is 0 Å². The second-order valence-corrected chi connectivity index (χ2v) is 6.27. The molecule has 0 aromatic heterocycles. The van der Waals surface area contributed by atoms with E-state index in [2.05, 4.69) is 25.7 Å². The Kier molecular flexibility index (Phi) is 4.36. The molecule has 0 N–H and O–H groups in total. The van der Waals surface area contributed by atoms with Crippen LogP contribution in [0.25, 0.3) is 0 Å². The number of amides is 1. The zero-order chi connectivity index (χ0) is 12.3. The van der Waals surface area contributed by atoms with Gasteiger partial charge in [0, 0.05) is 19.5 Å². The molecule has 1 saturated heterocycles. The molecular formula is C13H26N2O. The highest BCUT2D eigenvalue weighted by atomic mass is 16.2. The van der Waals surface area contributed by atoms with Crippen LogP contribution >= 0.6 is 0 Å². The van der Waals surface area contributed by atoms with Gasteiger partial charge < -0.3 is 9.80 Å². The number of nitrogens with zero attached hydrogens (tertiary/aromatic N) is 2. The van der Waals surface area contributed by atoms with Gasteiger partial charge in [-0.15, -0.1) is 0 Å². The molecule has 0 aromatic rings. The van der Waals surface area contributed by atoms with Crippen molar-refractivity contribution in [1.29, 1.82) is 0 Å². The molecule has 1 aliphatic heterocycles. The first-order valence-electron chi connectivity index (χ1n) is 6.23. The predicted octanol–water partition coefficient (Wildman–Crippen LogP) is 1.83. The van der Waals surface area contributed by atoms with E-state index in [4.69, 9.17) is 0 Å². The molecule has 1 rings (SSSR count). The normalized spacial score (nSPS) is 17.8. The van der Waals surface area contributed by atoms with E-state index in [1.54, 1.807) is 0 Å². The van der Waals surface area contributed by atoms with Gasteiger partial charge in [-0.05, 0) is 38.4 Å². The third-order valence-electron chi connectivity index (χ3n) is 3.45. The van der Waals surface area contributed by atoms with Gasteiger partial charge in [-0.25, -0.2) is 0 Å². The molecule has 0 saturated carbocycles. The fourth-order valence-corrected chi connectivity index (χ4v) is 1.93. The van der Waals surface area contributed by atoms with Gasteiger partial charge in [-0.3, -0.25) is 4.79 Å². The van der Waals surface area contributed by atoms with Crippen LogP contribution in [0.3, 0.4) is 0 Å². The van der Waals surface area contributed by atoms with Crippen molar-refractivity contribution < 1.29 is 4.79 Å². The molecule has 3 heteroatoms. The van der Waals surface area contributed by atoms with E-state index in [-0.39, 0.29) is 0 Å². The molecule has 16 heavy (non-hydrogen) atoms. The second-order valence-electron chi connectivity index (χ2n) is 6.27. The second kappa shape index (κ2) is 5.17. The Morgan fingerprint density at radius 1 is 1.31 bits per heavy atom. The molecule has 0 spiro atoms. The maximum atomic E-state index is 11.8. The Labute approximate surface area is 99.8 Å². The lowest BCUT2D eigenvalue weighted by Gasteiger charge is -2.46. The van der Waals surface area contributed by atoms with Gasteiger partial charge in [-0.2, -0.15) is 0 Å². The van der Waals surface area contributed by atoms with Crippen LogP contribution in [0.15, 0.2) is 0 Å². The first-order valence-corrected chi connectivity index (χ1v) is 6.23. The molecular weight excluding hydrogens is 200 g/mol. The summed E-state index contributed by atoms with van der Waals surface area (Å²) >= 11 is 0. The molecule has 1 heterocycles. The van der Waals surface area contributed by atoms with E-state index in [1.807, 2.05) is 19.0 Å². The summed E-state index contributed by atoms with van der Waals surface area (Å²) in [5.41, 5.74) is 0.348. The molecule has 1 amide bonds. The predicted molar refractivity (Wildman–Crippen MR) is 67.3 cm³/mol. The Bertz CT molecular complexity index is 237. The van der Waals surface area contributed by atoms with E-state index in [0.717, 1.165) is 26.1 Å². The standard InChI is InChI=1S/C13H26N2O/c1-13(2,3)11-9-15(10-11)12(16)7-6-8-14(4)5/h11H,6-10H2,1-5H3. The summed E-state index contributed by atoms with van der Waals surface area (Å²) in [4.78, 5) is 15.9. The van der Waals surface area contributed by atoms with Gasteiger partial charge in [0.1, 0.15) is 0 Å². The van der Waals surface area contributed by atoms with Crippen LogP contribution in [0.5, 0.6) is 0 Å². The molecule has 3 nitrogen and oxygen atoms in total. The highest BCUT2D eigenvalue weighted by molar-refractivity contribution is 5.77. The van der Waals surface area contributed by atoms with Crippen molar-refractivity contribution in [2.45, 2.75) is 33.6 Å². The molecule has 1 aliphatic rings. The summed E-state index contributed by atoms with van der Waals surface area (Å²) in [6, 6.07) is 0. The average Bonchev–Trinajstić information content (AvgIpc) is 1.96. The van der Waals surface area contributed by atoms with Crippen molar-refractivity contribution in [2.24, 2.45) is 11.3 Å². The van der Waals surface area contributed by atoms with E-state index in [1.165, 1.54) is 0 Å². The van der Waals surface area contributed by atoms with Gasteiger partial charge in [-0.1, -0.05) is 20.8 Å². The molecule has 0 aliphatic carbocycles. The average molecular weight is 226 g/mol. The molecule has 0 aromatic carbocycles. The third kappa shape index (κ3) is 3.78.